The van der Waals surface area contributed by atoms with Crippen molar-refractivity contribution in [2.24, 2.45) is 0 Å². The largest absolute Gasteiger partial charge is 0.314 e. The molecule has 0 aliphatic carbocycles. The predicted molar refractivity (Wildman–Crippen MR) is 52.0 cm³/mol. The first-order valence-corrected chi connectivity index (χ1v) is 4.77. The van der Waals surface area contributed by atoms with Crippen molar-refractivity contribution in [3.63, 3.8) is 0 Å². The molecule has 1 atom stereocenters. The van der Waals surface area contributed by atoms with Gasteiger partial charge in [0.1, 0.15) is 0 Å². The lowest BCUT2D eigenvalue weighted by Gasteiger charge is -2.09. The van der Waals surface area contributed by atoms with Gasteiger partial charge in [0, 0.05) is 25.6 Å². The molecular weight excluding hydrogens is 148 g/mol. The molecular formula is C10H18N2. The number of hydrogen-bond donors (Lipinski definition) is 2. The van der Waals surface area contributed by atoms with Crippen molar-refractivity contribution in [1.82, 2.24) is 10.6 Å². The maximum atomic E-state index is 3.45. The van der Waals surface area contributed by atoms with Gasteiger partial charge in [0.25, 0.3) is 0 Å². The Morgan fingerprint density at radius 1 is 1.58 bits per heavy atom. The average Bonchev–Trinajstić information content (AvgIpc) is 2.57. The zero-order chi connectivity index (χ0) is 8.65. The zero-order valence-corrected chi connectivity index (χ0v) is 7.82. The van der Waals surface area contributed by atoms with E-state index in [0.717, 1.165) is 19.5 Å². The summed E-state index contributed by atoms with van der Waals surface area (Å²) >= 11 is 0. The summed E-state index contributed by atoms with van der Waals surface area (Å²) in [6, 6.07) is 0.708. The van der Waals surface area contributed by atoms with E-state index < -0.39 is 0 Å². The molecule has 0 saturated carbocycles. The highest BCUT2D eigenvalue weighted by molar-refractivity contribution is 4.95. The lowest BCUT2D eigenvalue weighted by Crippen LogP contribution is -2.34. The maximum absolute atomic E-state index is 3.45. The molecule has 1 fully saturated rings. The van der Waals surface area contributed by atoms with E-state index in [-0.39, 0.29) is 0 Å². The fourth-order valence-electron chi connectivity index (χ4n) is 1.48. The van der Waals surface area contributed by atoms with Crippen molar-refractivity contribution >= 4 is 0 Å². The van der Waals surface area contributed by atoms with Gasteiger partial charge in [-0.25, -0.2) is 0 Å². The van der Waals surface area contributed by atoms with Gasteiger partial charge in [-0.2, -0.15) is 0 Å². The molecule has 1 unspecified atom stereocenters. The molecule has 1 heterocycles. The van der Waals surface area contributed by atoms with Crippen LogP contribution in [-0.2, 0) is 0 Å². The van der Waals surface area contributed by atoms with Crippen LogP contribution in [0.4, 0.5) is 0 Å². The average molecular weight is 166 g/mol. The van der Waals surface area contributed by atoms with Crippen molar-refractivity contribution < 1.29 is 0 Å². The fourth-order valence-corrected chi connectivity index (χ4v) is 1.48. The first-order valence-electron chi connectivity index (χ1n) is 4.77. The van der Waals surface area contributed by atoms with Gasteiger partial charge in [0.05, 0.1) is 0 Å². The second-order valence-corrected chi connectivity index (χ2v) is 3.17. The van der Waals surface area contributed by atoms with Crippen LogP contribution in [0.5, 0.6) is 0 Å². The molecule has 0 bridgehead atoms. The van der Waals surface area contributed by atoms with Gasteiger partial charge in [-0.05, 0) is 26.3 Å². The van der Waals surface area contributed by atoms with Crippen molar-refractivity contribution in [3.8, 4) is 11.8 Å². The van der Waals surface area contributed by atoms with Gasteiger partial charge in [0.15, 0.2) is 0 Å². The predicted octanol–water partition coefficient (Wildman–Crippen LogP) is 0.741. The van der Waals surface area contributed by atoms with Crippen LogP contribution in [-0.4, -0.2) is 25.7 Å². The highest BCUT2D eigenvalue weighted by Gasteiger charge is 2.12. The van der Waals surface area contributed by atoms with Crippen molar-refractivity contribution in [3.05, 3.63) is 0 Å². The van der Waals surface area contributed by atoms with E-state index >= 15 is 0 Å². The van der Waals surface area contributed by atoms with Crippen LogP contribution in [0.15, 0.2) is 0 Å². The number of rotatable bonds is 4. The van der Waals surface area contributed by atoms with Crippen molar-refractivity contribution in [1.29, 1.82) is 0 Å². The Kier molecular flexibility index (Phi) is 4.82. The highest BCUT2D eigenvalue weighted by Crippen LogP contribution is 2.02. The third kappa shape index (κ3) is 3.75. The highest BCUT2D eigenvalue weighted by atomic mass is 15.0. The topological polar surface area (TPSA) is 24.1 Å². The minimum Gasteiger partial charge on any atom is -0.314 e. The Hall–Kier alpha value is -0.520. The first kappa shape index (κ1) is 9.57. The van der Waals surface area contributed by atoms with E-state index in [9.17, 15) is 0 Å². The Balaban J connectivity index is 1.90. The molecule has 0 aromatic heterocycles. The van der Waals surface area contributed by atoms with Crippen LogP contribution in [0.2, 0.25) is 0 Å². The molecule has 2 heteroatoms. The SMILES string of the molecule is CC#CCCNCC1CCCN1. The quantitative estimate of drug-likeness (QED) is 0.475. The summed E-state index contributed by atoms with van der Waals surface area (Å²) in [6.07, 6.45) is 3.64. The van der Waals surface area contributed by atoms with Gasteiger partial charge in [-0.1, -0.05) is 0 Å². The lowest BCUT2D eigenvalue weighted by atomic mass is 10.2. The van der Waals surface area contributed by atoms with E-state index in [1.54, 1.807) is 0 Å². The van der Waals surface area contributed by atoms with E-state index in [1.165, 1.54) is 19.4 Å². The molecule has 68 valence electrons. The lowest BCUT2D eigenvalue weighted by molar-refractivity contribution is 0.541. The standard InChI is InChI=1S/C10H18N2/c1-2-3-4-7-11-9-10-6-5-8-12-10/h10-12H,4-9H2,1H3. The first-order chi connectivity index (χ1) is 5.93. The summed E-state index contributed by atoms with van der Waals surface area (Å²) in [5, 5.41) is 6.85. The monoisotopic (exact) mass is 166 g/mol. The molecule has 1 aliphatic heterocycles. The molecule has 1 aliphatic rings. The summed E-state index contributed by atoms with van der Waals surface area (Å²) in [5.74, 6) is 5.93. The fraction of sp³-hybridized carbons (Fsp3) is 0.800. The van der Waals surface area contributed by atoms with Gasteiger partial charge >= 0.3 is 0 Å². The molecule has 2 N–H and O–H groups in total. The van der Waals surface area contributed by atoms with Gasteiger partial charge < -0.3 is 10.6 Å². The van der Waals surface area contributed by atoms with Crippen LogP contribution in [0.25, 0.3) is 0 Å². The van der Waals surface area contributed by atoms with E-state index in [0.29, 0.717) is 6.04 Å². The Labute approximate surface area is 75.1 Å². The third-order valence-corrected chi connectivity index (χ3v) is 2.16. The molecule has 0 aromatic carbocycles. The minimum atomic E-state index is 0.708. The van der Waals surface area contributed by atoms with Crippen LogP contribution >= 0.6 is 0 Å². The van der Waals surface area contributed by atoms with Crippen LogP contribution < -0.4 is 10.6 Å². The van der Waals surface area contributed by atoms with Crippen LogP contribution in [0.1, 0.15) is 26.2 Å². The van der Waals surface area contributed by atoms with Gasteiger partial charge in [-0.3, -0.25) is 0 Å². The van der Waals surface area contributed by atoms with Gasteiger partial charge in [-0.15, -0.1) is 11.8 Å². The van der Waals surface area contributed by atoms with Gasteiger partial charge in [0.2, 0.25) is 0 Å². The Morgan fingerprint density at radius 2 is 2.50 bits per heavy atom. The molecule has 12 heavy (non-hydrogen) atoms. The maximum Gasteiger partial charge on any atom is 0.0214 e. The minimum absolute atomic E-state index is 0.708. The molecule has 2 nitrogen and oxygen atoms in total. The summed E-state index contributed by atoms with van der Waals surface area (Å²) in [7, 11) is 0. The summed E-state index contributed by atoms with van der Waals surface area (Å²) in [6.45, 7) is 5.21. The second-order valence-electron chi connectivity index (χ2n) is 3.17. The molecule has 1 saturated heterocycles. The Bertz CT molecular complexity index is 160. The normalized spacial score (nSPS) is 21.9. The van der Waals surface area contributed by atoms with Crippen LogP contribution in [0, 0.1) is 11.8 Å². The summed E-state index contributed by atoms with van der Waals surface area (Å²) in [4.78, 5) is 0. The molecule has 0 aromatic rings. The molecule has 0 amide bonds. The second kappa shape index (κ2) is 6.05. The van der Waals surface area contributed by atoms with E-state index in [4.69, 9.17) is 0 Å². The summed E-state index contributed by atoms with van der Waals surface area (Å²) < 4.78 is 0. The smallest absolute Gasteiger partial charge is 0.0214 e. The molecule has 0 radical (unpaired) electrons. The molecule has 0 spiro atoms. The van der Waals surface area contributed by atoms with Crippen LogP contribution in [0.3, 0.4) is 0 Å². The van der Waals surface area contributed by atoms with E-state index in [1.807, 2.05) is 6.92 Å². The summed E-state index contributed by atoms with van der Waals surface area (Å²) in [5.41, 5.74) is 0. The van der Waals surface area contributed by atoms with E-state index in [2.05, 4.69) is 22.5 Å². The van der Waals surface area contributed by atoms with Crippen molar-refractivity contribution in [2.75, 3.05) is 19.6 Å². The Morgan fingerprint density at radius 3 is 3.17 bits per heavy atom. The third-order valence-electron chi connectivity index (χ3n) is 2.16. The number of nitrogens with one attached hydrogen (secondary N) is 2. The zero-order valence-electron chi connectivity index (χ0n) is 7.82. The number of hydrogen-bond acceptors (Lipinski definition) is 2. The molecule has 1 rings (SSSR count). The van der Waals surface area contributed by atoms with Crippen molar-refractivity contribution in [2.45, 2.75) is 32.2 Å².